The van der Waals surface area contributed by atoms with Crippen molar-refractivity contribution in [3.8, 4) is 0 Å². The SMILES string of the molecule is CN1CCCC(COC(F)(F)F)C1. The summed E-state index contributed by atoms with van der Waals surface area (Å²) in [7, 11) is 1.92. The van der Waals surface area contributed by atoms with E-state index < -0.39 is 6.36 Å². The second-order valence-electron chi connectivity index (χ2n) is 3.53. The fourth-order valence-electron chi connectivity index (χ4n) is 1.62. The van der Waals surface area contributed by atoms with E-state index in [4.69, 9.17) is 0 Å². The van der Waals surface area contributed by atoms with Gasteiger partial charge in [-0.25, -0.2) is 0 Å². The monoisotopic (exact) mass is 197 g/mol. The van der Waals surface area contributed by atoms with Crippen molar-refractivity contribution in [1.82, 2.24) is 4.90 Å². The molecule has 1 heterocycles. The third kappa shape index (κ3) is 4.47. The summed E-state index contributed by atoms with van der Waals surface area (Å²) in [6.45, 7) is 1.48. The van der Waals surface area contributed by atoms with Gasteiger partial charge in [-0.2, -0.15) is 0 Å². The molecule has 1 fully saturated rings. The molecule has 0 N–H and O–H groups in total. The van der Waals surface area contributed by atoms with Gasteiger partial charge in [-0.1, -0.05) is 0 Å². The number of piperidine rings is 1. The number of likely N-dealkylation sites (tertiary alicyclic amines) is 1. The molecule has 78 valence electrons. The van der Waals surface area contributed by atoms with Crippen molar-refractivity contribution < 1.29 is 17.9 Å². The Bertz CT molecular complexity index is 160. The molecule has 1 saturated heterocycles. The first-order valence-corrected chi connectivity index (χ1v) is 4.36. The quantitative estimate of drug-likeness (QED) is 0.670. The van der Waals surface area contributed by atoms with Gasteiger partial charge in [-0.3, -0.25) is 4.74 Å². The molecule has 1 unspecified atom stereocenters. The van der Waals surface area contributed by atoms with Crippen LogP contribution in [-0.4, -0.2) is 38.0 Å². The van der Waals surface area contributed by atoms with Crippen molar-refractivity contribution >= 4 is 0 Å². The zero-order valence-electron chi connectivity index (χ0n) is 7.60. The van der Waals surface area contributed by atoms with Crippen LogP contribution in [0.2, 0.25) is 0 Å². The van der Waals surface area contributed by atoms with Gasteiger partial charge in [-0.05, 0) is 32.4 Å². The van der Waals surface area contributed by atoms with Crippen LogP contribution in [0.1, 0.15) is 12.8 Å². The van der Waals surface area contributed by atoms with Crippen LogP contribution in [0.25, 0.3) is 0 Å². The van der Waals surface area contributed by atoms with Gasteiger partial charge in [-0.15, -0.1) is 13.2 Å². The second kappa shape index (κ2) is 4.28. The molecular weight excluding hydrogens is 183 g/mol. The van der Waals surface area contributed by atoms with E-state index in [2.05, 4.69) is 4.74 Å². The van der Waals surface area contributed by atoms with Gasteiger partial charge in [0, 0.05) is 6.54 Å². The van der Waals surface area contributed by atoms with Gasteiger partial charge in [0.15, 0.2) is 0 Å². The largest absolute Gasteiger partial charge is 0.522 e. The van der Waals surface area contributed by atoms with Crippen LogP contribution in [0.4, 0.5) is 13.2 Å². The maximum Gasteiger partial charge on any atom is 0.522 e. The molecule has 0 aromatic rings. The minimum Gasteiger partial charge on any atom is -0.306 e. The van der Waals surface area contributed by atoms with Crippen molar-refractivity contribution in [3.05, 3.63) is 0 Å². The van der Waals surface area contributed by atoms with Crippen LogP contribution in [0.5, 0.6) is 0 Å². The van der Waals surface area contributed by atoms with Crippen LogP contribution in [0.3, 0.4) is 0 Å². The number of ether oxygens (including phenoxy) is 1. The number of alkyl halides is 3. The number of hydrogen-bond donors (Lipinski definition) is 0. The number of rotatable bonds is 2. The third-order valence-corrected chi connectivity index (χ3v) is 2.20. The summed E-state index contributed by atoms with van der Waals surface area (Å²) < 4.78 is 38.8. The Morgan fingerprint density at radius 2 is 2.15 bits per heavy atom. The summed E-state index contributed by atoms with van der Waals surface area (Å²) >= 11 is 0. The Balaban J connectivity index is 2.21. The van der Waals surface area contributed by atoms with Crippen LogP contribution in [0, 0.1) is 5.92 Å². The average molecular weight is 197 g/mol. The minimum absolute atomic E-state index is 0.0281. The van der Waals surface area contributed by atoms with E-state index >= 15 is 0 Å². The van der Waals surface area contributed by atoms with Crippen molar-refractivity contribution in [3.63, 3.8) is 0 Å². The lowest BCUT2D eigenvalue weighted by Crippen LogP contribution is -2.35. The predicted molar refractivity (Wildman–Crippen MR) is 42.2 cm³/mol. The Morgan fingerprint density at radius 3 is 2.69 bits per heavy atom. The normalized spacial score (nSPS) is 26.3. The first kappa shape index (κ1) is 10.8. The molecule has 13 heavy (non-hydrogen) atoms. The summed E-state index contributed by atoms with van der Waals surface area (Å²) in [5.41, 5.74) is 0. The zero-order chi connectivity index (χ0) is 9.90. The molecule has 2 nitrogen and oxygen atoms in total. The van der Waals surface area contributed by atoms with E-state index in [-0.39, 0.29) is 12.5 Å². The summed E-state index contributed by atoms with van der Waals surface area (Å²) in [5, 5.41) is 0. The van der Waals surface area contributed by atoms with Gasteiger partial charge in [0.25, 0.3) is 0 Å². The van der Waals surface area contributed by atoms with E-state index in [0.29, 0.717) is 6.54 Å². The Labute approximate surface area is 75.7 Å². The predicted octanol–water partition coefficient (Wildman–Crippen LogP) is 1.86. The van der Waals surface area contributed by atoms with E-state index in [0.717, 1.165) is 19.4 Å². The number of nitrogens with zero attached hydrogens (tertiary/aromatic N) is 1. The molecule has 0 aliphatic carbocycles. The molecule has 0 amide bonds. The topological polar surface area (TPSA) is 12.5 Å². The van der Waals surface area contributed by atoms with Crippen molar-refractivity contribution in [2.24, 2.45) is 5.92 Å². The molecule has 5 heteroatoms. The van der Waals surface area contributed by atoms with E-state index in [1.165, 1.54) is 0 Å². The summed E-state index contributed by atoms with van der Waals surface area (Å²) in [4.78, 5) is 2.04. The smallest absolute Gasteiger partial charge is 0.306 e. The van der Waals surface area contributed by atoms with Gasteiger partial charge >= 0.3 is 6.36 Å². The zero-order valence-corrected chi connectivity index (χ0v) is 7.60. The fourth-order valence-corrected chi connectivity index (χ4v) is 1.62. The van der Waals surface area contributed by atoms with Gasteiger partial charge in [0.2, 0.25) is 0 Å². The highest BCUT2D eigenvalue weighted by Gasteiger charge is 2.31. The number of hydrogen-bond acceptors (Lipinski definition) is 2. The maximum absolute atomic E-state index is 11.7. The van der Waals surface area contributed by atoms with Gasteiger partial charge in [0.1, 0.15) is 0 Å². The Kier molecular flexibility index (Phi) is 3.55. The third-order valence-electron chi connectivity index (χ3n) is 2.20. The lowest BCUT2D eigenvalue weighted by atomic mass is 10.00. The fraction of sp³-hybridized carbons (Fsp3) is 1.00. The number of halogens is 3. The maximum atomic E-state index is 11.7. The molecule has 0 saturated carbocycles. The van der Waals surface area contributed by atoms with Crippen LogP contribution in [-0.2, 0) is 4.74 Å². The second-order valence-corrected chi connectivity index (χ2v) is 3.53. The molecule has 0 bridgehead atoms. The molecular formula is C8H14F3NO. The summed E-state index contributed by atoms with van der Waals surface area (Å²) in [6, 6.07) is 0. The highest BCUT2D eigenvalue weighted by Crippen LogP contribution is 2.21. The van der Waals surface area contributed by atoms with E-state index in [1.807, 2.05) is 11.9 Å². The Hall–Kier alpha value is -0.290. The molecule has 1 aliphatic heterocycles. The van der Waals surface area contributed by atoms with E-state index in [1.54, 1.807) is 0 Å². The van der Waals surface area contributed by atoms with Crippen molar-refractivity contribution in [2.75, 3.05) is 26.7 Å². The molecule has 1 aliphatic rings. The van der Waals surface area contributed by atoms with Crippen LogP contribution in [0.15, 0.2) is 0 Å². The van der Waals surface area contributed by atoms with Crippen molar-refractivity contribution in [2.45, 2.75) is 19.2 Å². The molecule has 0 aromatic heterocycles. The first-order valence-electron chi connectivity index (χ1n) is 4.36. The molecule has 1 rings (SSSR count). The van der Waals surface area contributed by atoms with Gasteiger partial charge < -0.3 is 4.90 Å². The van der Waals surface area contributed by atoms with Crippen LogP contribution < -0.4 is 0 Å². The van der Waals surface area contributed by atoms with Crippen LogP contribution >= 0.6 is 0 Å². The average Bonchev–Trinajstić information content (AvgIpc) is 2.00. The summed E-state index contributed by atoms with van der Waals surface area (Å²) in [6.07, 6.45) is -2.68. The molecule has 1 atom stereocenters. The molecule has 0 spiro atoms. The van der Waals surface area contributed by atoms with Gasteiger partial charge in [0.05, 0.1) is 6.61 Å². The minimum atomic E-state index is -4.48. The lowest BCUT2D eigenvalue weighted by Gasteiger charge is -2.29. The standard InChI is InChI=1S/C8H14F3NO/c1-12-4-2-3-7(5-12)6-13-8(9,10)11/h7H,2-6H2,1H3. The highest BCUT2D eigenvalue weighted by atomic mass is 19.4. The lowest BCUT2D eigenvalue weighted by molar-refractivity contribution is -0.329. The molecule has 0 radical (unpaired) electrons. The summed E-state index contributed by atoms with van der Waals surface area (Å²) in [5.74, 6) is 0.0281. The highest BCUT2D eigenvalue weighted by molar-refractivity contribution is 4.69. The van der Waals surface area contributed by atoms with E-state index in [9.17, 15) is 13.2 Å². The Morgan fingerprint density at radius 1 is 1.46 bits per heavy atom. The van der Waals surface area contributed by atoms with Crippen molar-refractivity contribution in [1.29, 1.82) is 0 Å². The molecule has 0 aromatic carbocycles. The first-order chi connectivity index (χ1) is 5.97.